The fourth-order valence-electron chi connectivity index (χ4n) is 3.96. The topological polar surface area (TPSA) is 79.6 Å². The zero-order valence-corrected chi connectivity index (χ0v) is 16.5. The van der Waals surface area contributed by atoms with Gasteiger partial charge in [0.1, 0.15) is 0 Å². The van der Waals surface area contributed by atoms with Crippen LogP contribution in [0.5, 0.6) is 0 Å². The lowest BCUT2D eigenvalue weighted by molar-refractivity contribution is 0.0691. The molecule has 29 heavy (non-hydrogen) atoms. The van der Waals surface area contributed by atoms with Gasteiger partial charge in [-0.15, -0.1) is 10.2 Å². The van der Waals surface area contributed by atoms with E-state index in [1.165, 1.54) is 6.42 Å². The predicted molar refractivity (Wildman–Crippen MR) is 110 cm³/mol. The second-order valence-electron chi connectivity index (χ2n) is 7.48. The number of pyridine rings is 1. The van der Waals surface area contributed by atoms with E-state index in [1.807, 2.05) is 35.8 Å². The average Bonchev–Trinajstić information content (AvgIpc) is 3.20. The summed E-state index contributed by atoms with van der Waals surface area (Å²) < 4.78 is 1.83. The molecule has 1 N–H and O–H groups in total. The lowest BCUT2D eigenvalue weighted by Crippen LogP contribution is -2.39. The average molecular weight is 391 g/mol. The quantitative estimate of drug-likeness (QED) is 0.725. The van der Waals surface area contributed by atoms with E-state index in [0.717, 1.165) is 31.3 Å². The van der Waals surface area contributed by atoms with E-state index in [2.05, 4.69) is 15.5 Å². The summed E-state index contributed by atoms with van der Waals surface area (Å²) in [6.07, 6.45) is 7.43. The maximum atomic E-state index is 13.1. The van der Waals surface area contributed by atoms with E-state index < -0.39 is 0 Å². The molecule has 1 aliphatic carbocycles. The lowest BCUT2D eigenvalue weighted by atomic mass is 9.93. The number of aromatic nitrogens is 3. The van der Waals surface area contributed by atoms with E-state index in [-0.39, 0.29) is 24.4 Å². The minimum atomic E-state index is -0.293. The first-order chi connectivity index (χ1) is 14.1. The number of benzene rings is 1. The van der Waals surface area contributed by atoms with Crippen molar-refractivity contribution >= 4 is 17.5 Å². The van der Waals surface area contributed by atoms with Crippen LogP contribution in [-0.4, -0.2) is 44.4 Å². The first-order valence-corrected chi connectivity index (χ1v) is 10.1. The maximum absolute atomic E-state index is 13.1. The Hall–Kier alpha value is -3.22. The fourth-order valence-corrected chi connectivity index (χ4v) is 3.96. The smallest absolute Gasteiger partial charge is 0.254 e. The van der Waals surface area contributed by atoms with Gasteiger partial charge in [0.15, 0.2) is 11.5 Å². The van der Waals surface area contributed by atoms with Crippen molar-refractivity contribution in [1.82, 2.24) is 24.8 Å². The first kappa shape index (κ1) is 19.1. The van der Waals surface area contributed by atoms with Crippen molar-refractivity contribution in [3.05, 3.63) is 65.6 Å². The molecule has 0 spiro atoms. The van der Waals surface area contributed by atoms with Crippen LogP contribution in [0.4, 0.5) is 0 Å². The number of nitrogens with one attached hydrogen (secondary N) is 1. The van der Waals surface area contributed by atoms with E-state index >= 15 is 0 Å². The molecule has 2 heterocycles. The van der Waals surface area contributed by atoms with Crippen LogP contribution in [0, 0.1) is 0 Å². The summed E-state index contributed by atoms with van der Waals surface area (Å²) in [5.41, 5.74) is 1.54. The normalized spacial score (nSPS) is 14.7. The third kappa shape index (κ3) is 3.99. The monoisotopic (exact) mass is 391 g/mol. The maximum Gasteiger partial charge on any atom is 0.254 e. The van der Waals surface area contributed by atoms with Gasteiger partial charge in [-0.3, -0.25) is 14.0 Å². The summed E-state index contributed by atoms with van der Waals surface area (Å²) in [7, 11) is 1.84. The molecule has 7 heteroatoms. The molecule has 0 radical (unpaired) electrons. The SMILES string of the molecule is CN(C(=O)c1ccccc1C(=O)NCc1nnc2ccccn12)C1CCCCC1. The van der Waals surface area contributed by atoms with Crippen LogP contribution in [0.2, 0.25) is 0 Å². The number of nitrogens with zero attached hydrogens (tertiary/aromatic N) is 4. The van der Waals surface area contributed by atoms with Crippen molar-refractivity contribution in [3.63, 3.8) is 0 Å². The van der Waals surface area contributed by atoms with Gasteiger partial charge in [-0.05, 0) is 37.1 Å². The summed E-state index contributed by atoms with van der Waals surface area (Å²) in [4.78, 5) is 27.8. The molecule has 2 aromatic heterocycles. The summed E-state index contributed by atoms with van der Waals surface area (Å²) in [5, 5.41) is 11.1. The molecule has 0 unspecified atom stereocenters. The van der Waals surface area contributed by atoms with Crippen molar-refractivity contribution in [2.45, 2.75) is 44.7 Å². The van der Waals surface area contributed by atoms with Crippen molar-refractivity contribution in [1.29, 1.82) is 0 Å². The lowest BCUT2D eigenvalue weighted by Gasteiger charge is -2.31. The molecule has 1 aromatic carbocycles. The molecule has 4 rings (SSSR count). The Morgan fingerprint density at radius 1 is 1.03 bits per heavy atom. The third-order valence-corrected chi connectivity index (χ3v) is 5.64. The number of amides is 2. The van der Waals surface area contributed by atoms with Gasteiger partial charge in [0.2, 0.25) is 0 Å². The van der Waals surface area contributed by atoms with Crippen molar-refractivity contribution in [3.8, 4) is 0 Å². The molecule has 0 atom stereocenters. The molecule has 1 fully saturated rings. The highest BCUT2D eigenvalue weighted by molar-refractivity contribution is 6.07. The molecule has 1 saturated carbocycles. The van der Waals surface area contributed by atoms with Gasteiger partial charge >= 0.3 is 0 Å². The Bertz CT molecular complexity index is 1020. The van der Waals surface area contributed by atoms with Gasteiger partial charge in [0, 0.05) is 19.3 Å². The zero-order chi connectivity index (χ0) is 20.2. The van der Waals surface area contributed by atoms with E-state index in [4.69, 9.17) is 0 Å². The largest absolute Gasteiger partial charge is 0.345 e. The number of carbonyl (C=O) groups is 2. The van der Waals surface area contributed by atoms with Crippen LogP contribution in [0.25, 0.3) is 5.65 Å². The predicted octanol–water partition coefficient (Wildman–Crippen LogP) is 3.06. The summed E-state index contributed by atoms with van der Waals surface area (Å²) >= 11 is 0. The number of hydrogen-bond donors (Lipinski definition) is 1. The molecule has 2 amide bonds. The summed E-state index contributed by atoms with van der Waals surface area (Å²) in [5.74, 6) is 0.242. The standard InChI is InChI=1S/C22H25N5O2/c1-26(16-9-3-2-4-10-16)22(29)18-12-6-5-11-17(18)21(28)23-15-20-25-24-19-13-7-8-14-27(19)20/h5-8,11-14,16H,2-4,9-10,15H2,1H3,(H,23,28). The molecule has 7 nitrogen and oxygen atoms in total. The van der Waals surface area contributed by atoms with Gasteiger partial charge in [-0.1, -0.05) is 37.5 Å². The highest BCUT2D eigenvalue weighted by Crippen LogP contribution is 2.23. The second-order valence-corrected chi connectivity index (χ2v) is 7.48. The first-order valence-electron chi connectivity index (χ1n) is 10.1. The Kier molecular flexibility index (Phi) is 5.55. The molecule has 3 aromatic rings. The molecule has 0 aliphatic heterocycles. The fraction of sp³-hybridized carbons (Fsp3) is 0.364. The van der Waals surface area contributed by atoms with E-state index in [0.29, 0.717) is 17.0 Å². The van der Waals surface area contributed by atoms with Crippen molar-refractivity contribution < 1.29 is 9.59 Å². The Morgan fingerprint density at radius 3 is 2.55 bits per heavy atom. The van der Waals surface area contributed by atoms with Gasteiger partial charge < -0.3 is 10.2 Å². The van der Waals surface area contributed by atoms with Gasteiger partial charge in [0.25, 0.3) is 11.8 Å². The van der Waals surface area contributed by atoms with Gasteiger partial charge in [0.05, 0.1) is 17.7 Å². The van der Waals surface area contributed by atoms with Crippen LogP contribution in [0.3, 0.4) is 0 Å². The van der Waals surface area contributed by atoms with Crippen molar-refractivity contribution in [2.24, 2.45) is 0 Å². The third-order valence-electron chi connectivity index (χ3n) is 5.64. The summed E-state index contributed by atoms with van der Waals surface area (Å²) in [6.45, 7) is 0.227. The number of hydrogen-bond acceptors (Lipinski definition) is 4. The van der Waals surface area contributed by atoms with Crippen molar-refractivity contribution in [2.75, 3.05) is 7.05 Å². The molecule has 0 saturated heterocycles. The molecule has 0 bridgehead atoms. The number of fused-ring (bicyclic) bond motifs is 1. The molecular formula is C22H25N5O2. The van der Waals surface area contributed by atoms with Gasteiger partial charge in [-0.2, -0.15) is 0 Å². The Balaban J connectivity index is 1.49. The zero-order valence-electron chi connectivity index (χ0n) is 16.5. The molecular weight excluding hydrogens is 366 g/mol. The van der Waals surface area contributed by atoms with E-state index in [9.17, 15) is 9.59 Å². The van der Waals surface area contributed by atoms with Crippen LogP contribution in [0.15, 0.2) is 48.7 Å². The number of carbonyl (C=O) groups excluding carboxylic acids is 2. The van der Waals surface area contributed by atoms with Crippen LogP contribution in [0.1, 0.15) is 58.6 Å². The minimum absolute atomic E-state index is 0.101. The highest BCUT2D eigenvalue weighted by Gasteiger charge is 2.26. The number of rotatable bonds is 5. The van der Waals surface area contributed by atoms with Crippen LogP contribution >= 0.6 is 0 Å². The van der Waals surface area contributed by atoms with Crippen LogP contribution in [-0.2, 0) is 6.54 Å². The minimum Gasteiger partial charge on any atom is -0.345 e. The summed E-state index contributed by atoms with van der Waals surface area (Å²) in [6, 6.07) is 12.9. The molecule has 150 valence electrons. The highest BCUT2D eigenvalue weighted by atomic mass is 16.2. The second kappa shape index (κ2) is 8.43. The van der Waals surface area contributed by atoms with E-state index in [1.54, 1.807) is 29.2 Å². The Labute approximate surface area is 169 Å². The van der Waals surface area contributed by atoms with Crippen LogP contribution < -0.4 is 5.32 Å². The van der Waals surface area contributed by atoms with Gasteiger partial charge in [-0.25, -0.2) is 0 Å². The Morgan fingerprint density at radius 2 is 1.76 bits per heavy atom. The molecule has 1 aliphatic rings.